The molecule has 1 aliphatic heterocycles. The molecule has 1 atom stereocenters. The van der Waals surface area contributed by atoms with Crippen molar-refractivity contribution in [3.63, 3.8) is 0 Å². The van der Waals surface area contributed by atoms with Crippen LogP contribution in [0.15, 0.2) is 4.90 Å². The number of hydrogen-bond acceptors (Lipinski definition) is 7. The van der Waals surface area contributed by atoms with E-state index in [9.17, 15) is 8.42 Å². The van der Waals surface area contributed by atoms with Crippen LogP contribution in [0.25, 0.3) is 0 Å². The Balaban J connectivity index is 2.13. The molecule has 0 radical (unpaired) electrons. The molecule has 1 saturated heterocycles. The normalized spacial score (nSPS) is 20.8. The third-order valence-electron chi connectivity index (χ3n) is 3.53. The van der Waals surface area contributed by atoms with Gasteiger partial charge in [-0.1, -0.05) is 6.92 Å². The number of nitrogens with one attached hydrogen (secondary N) is 1. The highest BCUT2D eigenvalue weighted by atomic mass is 32.2. The molecule has 1 aromatic rings. The van der Waals surface area contributed by atoms with Crippen molar-refractivity contribution in [2.75, 3.05) is 36.9 Å². The molecule has 0 bridgehead atoms. The van der Waals surface area contributed by atoms with Crippen molar-refractivity contribution in [3.05, 3.63) is 0 Å². The van der Waals surface area contributed by atoms with Crippen molar-refractivity contribution in [2.24, 2.45) is 0 Å². The fraction of sp³-hybridized carbons (Fsp3) is 0.727. The monoisotopic (exact) mass is 304 g/mol. The lowest BCUT2D eigenvalue weighted by atomic mass is 10.2. The molecule has 0 saturated carbocycles. The summed E-state index contributed by atoms with van der Waals surface area (Å²) >= 11 is 1.12. The largest absolute Gasteiger partial charge is 0.382 e. The van der Waals surface area contributed by atoms with E-state index >= 15 is 0 Å². The molecule has 3 N–H and O–H groups in total. The Morgan fingerprint density at radius 3 is 2.89 bits per heavy atom. The van der Waals surface area contributed by atoms with E-state index in [2.05, 4.69) is 21.6 Å². The molecular weight excluding hydrogens is 284 g/mol. The van der Waals surface area contributed by atoms with E-state index in [1.165, 1.54) is 6.42 Å². The van der Waals surface area contributed by atoms with Crippen LogP contribution in [0, 0.1) is 0 Å². The number of hydrogen-bond donors (Lipinski definition) is 2. The van der Waals surface area contributed by atoms with E-state index in [0.717, 1.165) is 31.0 Å². The van der Waals surface area contributed by atoms with Crippen LogP contribution in [0.1, 0.15) is 19.8 Å². The molecule has 1 aromatic heterocycles. The first-order valence-corrected chi connectivity index (χ1v) is 8.80. The average Bonchev–Trinajstić information content (AvgIpc) is 2.93. The predicted octanol–water partition coefficient (Wildman–Crippen LogP) is 1.02. The molecule has 19 heavy (non-hydrogen) atoms. The van der Waals surface area contributed by atoms with Gasteiger partial charge >= 0.3 is 0 Å². The zero-order valence-corrected chi connectivity index (χ0v) is 12.9. The number of rotatable bonds is 5. The fourth-order valence-electron chi connectivity index (χ4n) is 2.30. The van der Waals surface area contributed by atoms with Gasteiger partial charge in [-0.3, -0.25) is 0 Å². The van der Waals surface area contributed by atoms with Gasteiger partial charge in [-0.25, -0.2) is 8.42 Å². The van der Waals surface area contributed by atoms with E-state index in [1.54, 1.807) is 6.92 Å². The minimum absolute atomic E-state index is 0.0353. The van der Waals surface area contributed by atoms with Crippen molar-refractivity contribution >= 4 is 32.2 Å². The summed E-state index contributed by atoms with van der Waals surface area (Å²) in [7, 11) is -1.24. The van der Waals surface area contributed by atoms with Crippen LogP contribution in [0.2, 0.25) is 0 Å². The molecule has 0 aliphatic carbocycles. The maximum atomic E-state index is 12.0. The summed E-state index contributed by atoms with van der Waals surface area (Å²) in [5.74, 6) is 0.141. The summed E-state index contributed by atoms with van der Waals surface area (Å²) < 4.78 is 28.0. The minimum atomic E-state index is -3.33. The summed E-state index contributed by atoms with van der Waals surface area (Å²) in [5.41, 5.74) is 5.68. The Morgan fingerprint density at radius 1 is 1.58 bits per heavy atom. The molecule has 108 valence electrons. The molecule has 1 fully saturated rings. The van der Waals surface area contributed by atoms with Gasteiger partial charge in [0.15, 0.2) is 15.7 Å². The molecule has 1 unspecified atom stereocenters. The lowest BCUT2D eigenvalue weighted by Crippen LogP contribution is -2.31. The Hall–Kier alpha value is -0.860. The number of likely N-dealkylation sites (N-methyl/N-ethyl adjacent to an activating group) is 1. The van der Waals surface area contributed by atoms with Gasteiger partial charge in [0.1, 0.15) is 9.90 Å². The van der Waals surface area contributed by atoms with Gasteiger partial charge < -0.3 is 16.0 Å². The predicted molar refractivity (Wildman–Crippen MR) is 78.4 cm³/mol. The lowest BCUT2D eigenvalue weighted by Gasteiger charge is -2.19. The second-order valence-electron chi connectivity index (χ2n) is 4.79. The standard InChI is InChI=1S/C11H20N4O2S2/c1-3-19(16,17)9-10(12)14-18-11(9)13-7-8-5-4-6-15(8)2/h8,13H,3-7H2,1-2H3,(H2,12,14). The maximum absolute atomic E-state index is 12.0. The first-order valence-electron chi connectivity index (χ1n) is 6.37. The van der Waals surface area contributed by atoms with Crippen molar-refractivity contribution in [2.45, 2.75) is 30.7 Å². The van der Waals surface area contributed by atoms with Gasteiger partial charge in [-0.15, -0.1) is 0 Å². The van der Waals surface area contributed by atoms with Crippen molar-refractivity contribution < 1.29 is 8.42 Å². The average molecular weight is 304 g/mol. The Kier molecular flexibility index (Phi) is 4.32. The minimum Gasteiger partial charge on any atom is -0.382 e. The molecule has 0 amide bonds. The van der Waals surface area contributed by atoms with Gasteiger partial charge in [0, 0.05) is 12.6 Å². The van der Waals surface area contributed by atoms with E-state index in [0.29, 0.717) is 11.0 Å². The van der Waals surface area contributed by atoms with Gasteiger partial charge in [-0.2, -0.15) is 4.37 Å². The molecule has 6 nitrogen and oxygen atoms in total. The molecule has 0 aromatic carbocycles. The first-order chi connectivity index (χ1) is 8.95. The first kappa shape index (κ1) is 14.5. The number of sulfone groups is 1. The molecular formula is C11H20N4O2S2. The highest BCUT2D eigenvalue weighted by Gasteiger charge is 2.26. The third kappa shape index (κ3) is 3.01. The van der Waals surface area contributed by atoms with E-state index in [4.69, 9.17) is 5.73 Å². The molecule has 8 heteroatoms. The Morgan fingerprint density at radius 2 is 2.32 bits per heavy atom. The summed E-state index contributed by atoms with van der Waals surface area (Å²) in [6.07, 6.45) is 2.32. The summed E-state index contributed by atoms with van der Waals surface area (Å²) in [5, 5.41) is 3.77. The SMILES string of the molecule is CCS(=O)(=O)c1c(N)nsc1NCC1CCCN1C. The van der Waals surface area contributed by atoms with Crippen LogP contribution in [0.4, 0.5) is 10.8 Å². The number of likely N-dealkylation sites (tertiary alicyclic amines) is 1. The van der Waals surface area contributed by atoms with Crippen molar-refractivity contribution in [3.8, 4) is 0 Å². The second-order valence-corrected chi connectivity index (χ2v) is 7.78. The number of nitrogens with zero attached hydrogens (tertiary/aromatic N) is 2. The Bertz CT molecular complexity index is 541. The smallest absolute Gasteiger partial charge is 0.184 e. The zero-order valence-electron chi connectivity index (χ0n) is 11.2. The van der Waals surface area contributed by atoms with Gasteiger partial charge in [0.25, 0.3) is 0 Å². The highest BCUT2D eigenvalue weighted by Crippen LogP contribution is 2.32. The number of aromatic nitrogens is 1. The van der Waals surface area contributed by atoms with Crippen LogP contribution < -0.4 is 11.1 Å². The molecule has 2 heterocycles. The number of nitrogen functional groups attached to an aromatic ring is 1. The van der Waals surface area contributed by atoms with E-state index in [1.807, 2.05) is 0 Å². The van der Waals surface area contributed by atoms with E-state index in [-0.39, 0.29) is 16.5 Å². The van der Waals surface area contributed by atoms with Crippen LogP contribution in [-0.2, 0) is 9.84 Å². The molecule has 2 rings (SSSR count). The quantitative estimate of drug-likeness (QED) is 0.844. The topological polar surface area (TPSA) is 88.3 Å². The van der Waals surface area contributed by atoms with Crippen LogP contribution in [-0.4, -0.2) is 49.6 Å². The van der Waals surface area contributed by atoms with Gasteiger partial charge in [0.05, 0.1) is 5.75 Å². The Labute approximate surface area is 118 Å². The lowest BCUT2D eigenvalue weighted by molar-refractivity contribution is 0.322. The summed E-state index contributed by atoms with van der Waals surface area (Å²) in [6.45, 7) is 3.43. The fourth-order valence-corrected chi connectivity index (χ4v) is 4.47. The summed E-state index contributed by atoms with van der Waals surface area (Å²) in [4.78, 5) is 2.45. The maximum Gasteiger partial charge on any atom is 0.184 e. The summed E-state index contributed by atoms with van der Waals surface area (Å²) in [6, 6.07) is 0.445. The number of anilines is 2. The van der Waals surface area contributed by atoms with Crippen LogP contribution >= 0.6 is 11.5 Å². The zero-order chi connectivity index (χ0) is 14.0. The van der Waals surface area contributed by atoms with Crippen LogP contribution in [0.5, 0.6) is 0 Å². The van der Waals surface area contributed by atoms with Crippen LogP contribution in [0.3, 0.4) is 0 Å². The second kappa shape index (κ2) is 5.64. The highest BCUT2D eigenvalue weighted by molar-refractivity contribution is 7.91. The van der Waals surface area contributed by atoms with Gasteiger partial charge in [0.2, 0.25) is 0 Å². The van der Waals surface area contributed by atoms with E-state index < -0.39 is 9.84 Å². The molecule has 0 spiro atoms. The van der Waals surface area contributed by atoms with Crippen molar-refractivity contribution in [1.29, 1.82) is 0 Å². The van der Waals surface area contributed by atoms with Crippen molar-refractivity contribution in [1.82, 2.24) is 9.27 Å². The molecule has 1 aliphatic rings. The number of nitrogens with two attached hydrogens (primary N) is 1. The third-order valence-corrected chi connectivity index (χ3v) is 6.28. The van der Waals surface area contributed by atoms with Gasteiger partial charge in [-0.05, 0) is 38.0 Å².